The number of ether oxygens (including phenoxy) is 3. The Kier molecular flexibility index (Phi) is 17.0. The molecule has 4 rings (SSSR count). The Bertz CT molecular complexity index is 1440. The maximum atomic E-state index is 15.5. The lowest BCUT2D eigenvalue weighted by Gasteiger charge is -2.31. The number of carbonyl (C=O) groups excluding carboxylic acids is 4. The second-order valence-electron chi connectivity index (χ2n) is 13.6. The molecule has 18 heteroatoms. The molecule has 2 aliphatic heterocycles. The molecule has 298 valence electrons. The van der Waals surface area contributed by atoms with Crippen LogP contribution in [-0.2, 0) is 50.0 Å². The smallest absolute Gasteiger partial charge is 0.379 e. The maximum absolute atomic E-state index is 15.5. The molecule has 4 N–H and O–H groups in total. The Hall–Kier alpha value is -3.13. The van der Waals surface area contributed by atoms with E-state index < -0.39 is 57.9 Å². The summed E-state index contributed by atoms with van der Waals surface area (Å²) in [6.45, 7) is 4.57. The Morgan fingerprint density at radius 2 is 1.55 bits per heavy atom. The number of hydrogen-bond donors (Lipinski definition) is 4. The van der Waals surface area contributed by atoms with Gasteiger partial charge in [-0.1, -0.05) is 69.4 Å². The average molecular weight is 773 g/mol. The van der Waals surface area contributed by atoms with Crippen LogP contribution in [0.4, 0.5) is 8.78 Å². The van der Waals surface area contributed by atoms with E-state index in [0.29, 0.717) is 57.7 Å². The molecule has 53 heavy (non-hydrogen) atoms. The first-order valence-corrected chi connectivity index (χ1v) is 20.0. The number of Topliss-reactive ketones (excluding diaryl/α,β-unsaturated/α-hetero) is 1. The van der Waals surface area contributed by atoms with Crippen molar-refractivity contribution in [1.82, 2.24) is 29.9 Å². The van der Waals surface area contributed by atoms with Crippen LogP contribution in [0, 0.1) is 5.92 Å². The molecule has 0 radical (unpaired) electrons. The first-order chi connectivity index (χ1) is 25.4. The highest BCUT2D eigenvalue weighted by molar-refractivity contribution is 7.87. The predicted octanol–water partition coefficient (Wildman–Crippen LogP) is 0.741. The fourth-order valence-electron chi connectivity index (χ4n) is 6.56. The van der Waals surface area contributed by atoms with Gasteiger partial charge in [0.15, 0.2) is 0 Å². The van der Waals surface area contributed by atoms with E-state index in [1.807, 2.05) is 4.90 Å². The second kappa shape index (κ2) is 21.1. The summed E-state index contributed by atoms with van der Waals surface area (Å²) in [6.07, 6.45) is 2.36. The lowest BCUT2D eigenvalue weighted by Crippen LogP contribution is -2.60. The Morgan fingerprint density at radius 1 is 0.906 bits per heavy atom. The summed E-state index contributed by atoms with van der Waals surface area (Å²) < 4.78 is 77.5. The fraction of sp³-hybridized carbons (Fsp3) is 0.714. The molecule has 2 heterocycles. The maximum Gasteiger partial charge on any atom is 0.383 e. The number of alkyl halides is 2. The van der Waals surface area contributed by atoms with Gasteiger partial charge in [0.05, 0.1) is 32.5 Å². The van der Waals surface area contributed by atoms with Gasteiger partial charge in [0, 0.05) is 45.9 Å². The van der Waals surface area contributed by atoms with Crippen molar-refractivity contribution in [2.45, 2.75) is 82.5 Å². The van der Waals surface area contributed by atoms with E-state index in [2.05, 4.69) is 20.7 Å². The van der Waals surface area contributed by atoms with E-state index in [0.717, 1.165) is 23.6 Å². The minimum atomic E-state index is -4.46. The van der Waals surface area contributed by atoms with Crippen molar-refractivity contribution < 1.29 is 50.6 Å². The molecule has 1 saturated carbocycles. The van der Waals surface area contributed by atoms with Gasteiger partial charge in [0.2, 0.25) is 17.9 Å². The largest absolute Gasteiger partial charge is 0.383 e. The molecule has 3 fully saturated rings. The number of morpholine rings is 2. The van der Waals surface area contributed by atoms with E-state index in [1.54, 1.807) is 37.3 Å². The number of amides is 3. The fourth-order valence-corrected chi connectivity index (χ4v) is 7.89. The Morgan fingerprint density at radius 3 is 2.19 bits per heavy atom. The molecule has 1 aliphatic carbocycles. The van der Waals surface area contributed by atoms with E-state index in [-0.39, 0.29) is 58.2 Å². The van der Waals surface area contributed by atoms with Crippen molar-refractivity contribution in [3.05, 3.63) is 35.9 Å². The minimum Gasteiger partial charge on any atom is -0.379 e. The zero-order chi connectivity index (χ0) is 38.3. The molecule has 0 spiro atoms. The van der Waals surface area contributed by atoms with Crippen molar-refractivity contribution in [2.75, 3.05) is 72.3 Å². The minimum absolute atomic E-state index is 0.0375. The summed E-state index contributed by atoms with van der Waals surface area (Å²) in [5, 5.41) is 6.96. The van der Waals surface area contributed by atoms with Gasteiger partial charge in [-0.25, -0.2) is 0 Å². The van der Waals surface area contributed by atoms with Crippen LogP contribution < -0.4 is 20.7 Å². The van der Waals surface area contributed by atoms with Crippen LogP contribution in [0.1, 0.15) is 57.4 Å². The van der Waals surface area contributed by atoms with Gasteiger partial charge in [-0.15, -0.1) is 0 Å². The molecular weight excluding hydrogens is 718 g/mol. The number of carbonyl (C=O) groups is 4. The van der Waals surface area contributed by atoms with Crippen molar-refractivity contribution in [3.8, 4) is 0 Å². The van der Waals surface area contributed by atoms with Crippen molar-refractivity contribution in [2.24, 2.45) is 5.92 Å². The quantitative estimate of drug-likeness (QED) is 0.109. The predicted molar refractivity (Wildman–Crippen MR) is 190 cm³/mol. The van der Waals surface area contributed by atoms with Crippen LogP contribution in [0.3, 0.4) is 0 Å². The SMILES string of the molecule is CCCO[C@H](NC(=O)[C@H](Cc1ccccc1)NS(=O)(=O)N1CCOCC1)C(=O)N[C@@H](CC1CCCCC1)C(=O)C(F)(F)C(=O)NCCN1CCOCC1. The Balaban J connectivity index is 1.50. The Labute approximate surface area is 310 Å². The highest BCUT2D eigenvalue weighted by Crippen LogP contribution is 2.29. The van der Waals surface area contributed by atoms with Gasteiger partial charge >= 0.3 is 5.92 Å². The van der Waals surface area contributed by atoms with Gasteiger partial charge in [-0.05, 0) is 30.7 Å². The van der Waals surface area contributed by atoms with Crippen LogP contribution in [0.25, 0.3) is 0 Å². The first-order valence-electron chi connectivity index (χ1n) is 18.5. The standard InChI is InChI=1S/C35H54F2N6O9S/c1-2-19-52-33(40-31(45)29(25-27-11-7-4-8-12-27)41-53(48,49)43-17-22-51-23-18-43)32(46)39-28(24-26-9-5-3-6-10-26)30(44)35(36,37)34(47)38-13-14-42-15-20-50-21-16-42/h4,7-8,11-12,26,28-29,33,41H,2-3,5-6,9-10,13-25H2,1H3,(H,38,47)(H,39,46)(H,40,45)/t28-,29-,33-/m0/s1. The molecule has 15 nitrogen and oxygen atoms in total. The zero-order valence-corrected chi connectivity index (χ0v) is 31.2. The van der Waals surface area contributed by atoms with Crippen molar-refractivity contribution in [3.63, 3.8) is 0 Å². The van der Waals surface area contributed by atoms with E-state index in [1.165, 1.54) is 0 Å². The number of nitrogens with one attached hydrogen (secondary N) is 4. The number of hydrogen-bond acceptors (Lipinski definition) is 10. The van der Waals surface area contributed by atoms with Crippen LogP contribution in [0.5, 0.6) is 0 Å². The van der Waals surface area contributed by atoms with Crippen LogP contribution in [0.15, 0.2) is 30.3 Å². The molecule has 1 aromatic carbocycles. The lowest BCUT2D eigenvalue weighted by molar-refractivity contribution is -0.161. The molecule has 3 amide bonds. The summed E-state index contributed by atoms with van der Waals surface area (Å²) in [5.41, 5.74) is 0.622. The third-order valence-corrected chi connectivity index (χ3v) is 11.2. The highest BCUT2D eigenvalue weighted by atomic mass is 32.2. The number of benzene rings is 1. The van der Waals surface area contributed by atoms with Crippen molar-refractivity contribution in [1.29, 1.82) is 0 Å². The van der Waals surface area contributed by atoms with Gasteiger partial charge in [-0.3, -0.25) is 24.1 Å². The normalized spacial score (nSPS) is 19.8. The highest BCUT2D eigenvalue weighted by Gasteiger charge is 2.51. The van der Waals surface area contributed by atoms with Crippen LogP contribution in [-0.4, -0.2) is 138 Å². The molecule has 3 atom stereocenters. The summed E-state index contributed by atoms with van der Waals surface area (Å²) in [6, 6.07) is 5.46. The summed E-state index contributed by atoms with van der Waals surface area (Å²) in [5.74, 6) is -10.1. The summed E-state index contributed by atoms with van der Waals surface area (Å²) in [4.78, 5) is 55.7. The van der Waals surface area contributed by atoms with E-state index >= 15 is 8.78 Å². The molecule has 0 bridgehead atoms. The van der Waals surface area contributed by atoms with Gasteiger partial charge < -0.3 is 30.2 Å². The molecule has 3 aliphatic rings. The number of halogens is 2. The van der Waals surface area contributed by atoms with Crippen LogP contribution >= 0.6 is 0 Å². The third-order valence-electron chi connectivity index (χ3n) is 9.54. The van der Waals surface area contributed by atoms with Gasteiger partial charge in [0.25, 0.3) is 22.0 Å². The average Bonchev–Trinajstić information content (AvgIpc) is 3.17. The number of rotatable bonds is 20. The monoisotopic (exact) mass is 772 g/mol. The second-order valence-corrected chi connectivity index (χ2v) is 15.3. The van der Waals surface area contributed by atoms with E-state index in [9.17, 15) is 27.6 Å². The molecular formula is C35H54F2N6O9S. The first kappa shape index (κ1) is 42.6. The molecule has 0 unspecified atom stereocenters. The van der Waals surface area contributed by atoms with Crippen molar-refractivity contribution >= 4 is 33.7 Å². The molecule has 2 saturated heterocycles. The van der Waals surface area contributed by atoms with Gasteiger partial charge in [0.1, 0.15) is 6.04 Å². The summed E-state index contributed by atoms with van der Waals surface area (Å²) >= 11 is 0. The molecule has 1 aromatic rings. The lowest BCUT2D eigenvalue weighted by atomic mass is 9.83. The van der Waals surface area contributed by atoms with E-state index in [4.69, 9.17) is 14.2 Å². The third kappa shape index (κ3) is 13.3. The molecule has 0 aromatic heterocycles. The topological polar surface area (TPSA) is 185 Å². The number of nitrogens with zero attached hydrogens (tertiary/aromatic N) is 2. The zero-order valence-electron chi connectivity index (χ0n) is 30.4. The summed E-state index contributed by atoms with van der Waals surface area (Å²) in [7, 11) is -4.18. The van der Waals surface area contributed by atoms with Gasteiger partial charge in [-0.2, -0.15) is 26.2 Å². The van der Waals surface area contributed by atoms with Crippen LogP contribution in [0.2, 0.25) is 0 Å². The number of ketones is 1.